The van der Waals surface area contributed by atoms with Gasteiger partial charge in [0.2, 0.25) is 0 Å². The maximum atomic E-state index is 12.0. The third-order valence-electron chi connectivity index (χ3n) is 3.16. The first-order valence-corrected chi connectivity index (χ1v) is 7.57. The minimum atomic E-state index is -0.0732. The summed E-state index contributed by atoms with van der Waals surface area (Å²) in [5, 5.41) is 2.88. The number of hydrogen-bond acceptors (Lipinski definition) is 2. The molecular weight excluding hydrogens is 330 g/mol. The highest BCUT2D eigenvalue weighted by molar-refractivity contribution is 9.10. The predicted molar refractivity (Wildman–Crippen MR) is 86.9 cm³/mol. The fraction of sp³-hybridized carbons (Fsp3) is 0.250. The first-order valence-electron chi connectivity index (χ1n) is 6.77. The maximum Gasteiger partial charge on any atom is 0.317 e. The molecule has 2 amide bonds. The zero-order valence-corrected chi connectivity index (χ0v) is 13.5. The van der Waals surface area contributed by atoms with Crippen molar-refractivity contribution in [1.82, 2.24) is 15.2 Å². The molecule has 0 aliphatic rings. The molecule has 0 aliphatic carbocycles. The summed E-state index contributed by atoms with van der Waals surface area (Å²) in [4.78, 5) is 17.7. The van der Waals surface area contributed by atoms with E-state index in [4.69, 9.17) is 0 Å². The number of amides is 2. The number of likely N-dealkylation sites (N-methyl/N-ethyl adjacent to an activating group) is 1. The Balaban J connectivity index is 1.76. The van der Waals surface area contributed by atoms with Crippen LogP contribution in [0.1, 0.15) is 11.1 Å². The number of urea groups is 1. The van der Waals surface area contributed by atoms with E-state index in [1.54, 1.807) is 24.3 Å². The normalized spacial score (nSPS) is 10.2. The summed E-state index contributed by atoms with van der Waals surface area (Å²) in [6.07, 6.45) is 4.31. The fourth-order valence-corrected chi connectivity index (χ4v) is 2.13. The van der Waals surface area contributed by atoms with Crippen LogP contribution in [-0.4, -0.2) is 29.5 Å². The number of carbonyl (C=O) groups is 1. The van der Waals surface area contributed by atoms with E-state index >= 15 is 0 Å². The van der Waals surface area contributed by atoms with Crippen LogP contribution in [0.4, 0.5) is 4.79 Å². The molecule has 1 aromatic heterocycles. The number of carbonyl (C=O) groups excluding carboxylic acids is 1. The number of benzene rings is 1. The van der Waals surface area contributed by atoms with E-state index in [9.17, 15) is 4.79 Å². The summed E-state index contributed by atoms with van der Waals surface area (Å²) in [6.45, 7) is 1.18. The van der Waals surface area contributed by atoms with Gasteiger partial charge in [-0.3, -0.25) is 4.98 Å². The molecule has 1 aromatic carbocycles. The molecule has 0 saturated heterocycles. The van der Waals surface area contributed by atoms with Gasteiger partial charge in [-0.25, -0.2) is 4.79 Å². The van der Waals surface area contributed by atoms with Crippen LogP contribution in [0.15, 0.2) is 53.3 Å². The predicted octanol–water partition coefficient (Wildman–Crippen LogP) is 3.23. The summed E-state index contributed by atoms with van der Waals surface area (Å²) >= 11 is 3.41. The molecule has 0 unspecified atom stereocenters. The molecule has 21 heavy (non-hydrogen) atoms. The summed E-state index contributed by atoms with van der Waals surface area (Å²) in [7, 11) is 1.80. The second-order valence-electron chi connectivity index (χ2n) is 4.82. The van der Waals surface area contributed by atoms with Gasteiger partial charge in [0.05, 0.1) is 0 Å². The molecule has 2 rings (SSSR count). The molecule has 0 saturated carbocycles. The van der Waals surface area contributed by atoms with E-state index < -0.39 is 0 Å². The molecule has 1 N–H and O–H groups in total. The van der Waals surface area contributed by atoms with Gasteiger partial charge in [-0.2, -0.15) is 0 Å². The first kappa shape index (κ1) is 15.5. The molecule has 0 spiro atoms. The zero-order valence-electron chi connectivity index (χ0n) is 11.9. The number of hydrogen-bond donors (Lipinski definition) is 1. The van der Waals surface area contributed by atoms with Crippen LogP contribution >= 0.6 is 15.9 Å². The standard InChI is InChI=1S/C16H18BrN3O/c1-20(10-8-13-4-6-15(17)7-5-13)16(21)19-12-14-3-2-9-18-11-14/h2-7,9,11H,8,10,12H2,1H3,(H,19,21). The lowest BCUT2D eigenvalue weighted by atomic mass is 10.1. The second-order valence-corrected chi connectivity index (χ2v) is 5.73. The fourth-order valence-electron chi connectivity index (χ4n) is 1.86. The Bertz CT molecular complexity index is 572. The van der Waals surface area contributed by atoms with E-state index in [0.29, 0.717) is 13.1 Å². The average Bonchev–Trinajstić information content (AvgIpc) is 2.52. The highest BCUT2D eigenvalue weighted by Gasteiger charge is 2.07. The van der Waals surface area contributed by atoms with E-state index in [-0.39, 0.29) is 6.03 Å². The second kappa shape index (κ2) is 7.78. The molecule has 0 atom stereocenters. The summed E-state index contributed by atoms with van der Waals surface area (Å²) in [5.41, 5.74) is 2.21. The van der Waals surface area contributed by atoms with Crippen LogP contribution < -0.4 is 5.32 Å². The Hall–Kier alpha value is -1.88. The van der Waals surface area contributed by atoms with Crippen LogP contribution in [0.3, 0.4) is 0 Å². The van der Waals surface area contributed by atoms with Crippen LogP contribution in [0.2, 0.25) is 0 Å². The number of nitrogens with one attached hydrogen (secondary N) is 1. The van der Waals surface area contributed by atoms with Gasteiger partial charge in [0, 0.05) is 37.0 Å². The van der Waals surface area contributed by atoms with Crippen molar-refractivity contribution in [3.63, 3.8) is 0 Å². The third kappa shape index (κ3) is 5.19. The Morgan fingerprint density at radius 3 is 2.67 bits per heavy atom. The molecule has 1 heterocycles. The Kier molecular flexibility index (Phi) is 5.75. The summed E-state index contributed by atoms with van der Waals surface area (Å²) < 4.78 is 1.06. The quantitative estimate of drug-likeness (QED) is 0.902. The number of halogens is 1. The maximum absolute atomic E-state index is 12.0. The molecular formula is C16H18BrN3O. The van der Waals surface area contributed by atoms with Crippen molar-refractivity contribution < 1.29 is 4.79 Å². The van der Waals surface area contributed by atoms with Crippen molar-refractivity contribution in [2.45, 2.75) is 13.0 Å². The Labute approximate surface area is 133 Å². The van der Waals surface area contributed by atoms with Crippen molar-refractivity contribution >= 4 is 22.0 Å². The van der Waals surface area contributed by atoms with Crippen LogP contribution in [0, 0.1) is 0 Å². The SMILES string of the molecule is CN(CCc1ccc(Br)cc1)C(=O)NCc1cccnc1. The lowest BCUT2D eigenvalue weighted by Gasteiger charge is -2.18. The van der Waals surface area contributed by atoms with Crippen molar-refractivity contribution in [3.05, 3.63) is 64.4 Å². The number of pyridine rings is 1. The Morgan fingerprint density at radius 2 is 2.00 bits per heavy atom. The topological polar surface area (TPSA) is 45.2 Å². The van der Waals surface area contributed by atoms with Crippen molar-refractivity contribution in [1.29, 1.82) is 0 Å². The van der Waals surface area contributed by atoms with Gasteiger partial charge >= 0.3 is 6.03 Å². The van der Waals surface area contributed by atoms with Gasteiger partial charge in [0.15, 0.2) is 0 Å². The average molecular weight is 348 g/mol. The van der Waals surface area contributed by atoms with Crippen LogP contribution in [0.5, 0.6) is 0 Å². The van der Waals surface area contributed by atoms with Crippen LogP contribution in [0.25, 0.3) is 0 Å². The van der Waals surface area contributed by atoms with Gasteiger partial charge < -0.3 is 10.2 Å². The monoisotopic (exact) mass is 347 g/mol. The largest absolute Gasteiger partial charge is 0.334 e. The molecule has 0 radical (unpaired) electrons. The van der Waals surface area contributed by atoms with E-state index in [1.807, 2.05) is 24.3 Å². The molecule has 4 nitrogen and oxygen atoms in total. The Morgan fingerprint density at radius 1 is 1.24 bits per heavy atom. The van der Waals surface area contributed by atoms with Crippen molar-refractivity contribution in [2.24, 2.45) is 0 Å². The molecule has 5 heteroatoms. The lowest BCUT2D eigenvalue weighted by molar-refractivity contribution is 0.209. The zero-order chi connectivity index (χ0) is 15.1. The number of nitrogens with zero attached hydrogens (tertiary/aromatic N) is 2. The lowest BCUT2D eigenvalue weighted by Crippen LogP contribution is -2.38. The minimum Gasteiger partial charge on any atom is -0.334 e. The van der Waals surface area contributed by atoms with Gasteiger partial charge in [-0.1, -0.05) is 34.1 Å². The number of rotatable bonds is 5. The third-order valence-corrected chi connectivity index (χ3v) is 3.69. The molecule has 0 fully saturated rings. The van der Waals surface area contributed by atoms with E-state index in [0.717, 1.165) is 16.5 Å². The van der Waals surface area contributed by atoms with Crippen molar-refractivity contribution in [3.8, 4) is 0 Å². The molecule has 0 bridgehead atoms. The minimum absolute atomic E-state index is 0.0732. The molecule has 0 aliphatic heterocycles. The molecule has 2 aromatic rings. The van der Waals surface area contributed by atoms with Crippen LogP contribution in [-0.2, 0) is 13.0 Å². The highest BCUT2D eigenvalue weighted by Crippen LogP contribution is 2.11. The van der Waals surface area contributed by atoms with Gasteiger partial charge in [-0.15, -0.1) is 0 Å². The molecule has 110 valence electrons. The summed E-state index contributed by atoms with van der Waals surface area (Å²) in [6, 6.07) is 11.9. The first-order chi connectivity index (χ1) is 10.1. The van der Waals surface area contributed by atoms with E-state index in [1.165, 1.54) is 5.56 Å². The van der Waals surface area contributed by atoms with Crippen molar-refractivity contribution in [2.75, 3.05) is 13.6 Å². The highest BCUT2D eigenvalue weighted by atomic mass is 79.9. The van der Waals surface area contributed by atoms with E-state index in [2.05, 4.69) is 38.4 Å². The smallest absolute Gasteiger partial charge is 0.317 e. The van der Waals surface area contributed by atoms with Gasteiger partial charge in [-0.05, 0) is 35.7 Å². The van der Waals surface area contributed by atoms with Gasteiger partial charge in [0.25, 0.3) is 0 Å². The van der Waals surface area contributed by atoms with Gasteiger partial charge in [0.1, 0.15) is 0 Å². The number of aromatic nitrogens is 1. The summed E-state index contributed by atoms with van der Waals surface area (Å²) in [5.74, 6) is 0.